The van der Waals surface area contributed by atoms with Crippen LogP contribution in [0.1, 0.15) is 31.4 Å². The zero-order valence-electron chi connectivity index (χ0n) is 11.5. The predicted molar refractivity (Wildman–Crippen MR) is 82.1 cm³/mol. The van der Waals surface area contributed by atoms with Crippen LogP contribution in [0.4, 0.5) is 5.69 Å². The summed E-state index contributed by atoms with van der Waals surface area (Å²) in [6, 6.07) is 17.7. The summed E-state index contributed by atoms with van der Waals surface area (Å²) >= 11 is 0. The van der Waals surface area contributed by atoms with Gasteiger partial charge in [0.05, 0.1) is 11.7 Å². The van der Waals surface area contributed by atoms with E-state index in [9.17, 15) is 5.11 Å². The van der Waals surface area contributed by atoms with E-state index >= 15 is 0 Å². The molecule has 0 bridgehead atoms. The average molecular weight is 266 g/mol. The van der Waals surface area contributed by atoms with Crippen LogP contribution < -0.4 is 5.01 Å². The second kappa shape index (κ2) is 5.37. The van der Waals surface area contributed by atoms with Crippen LogP contribution in [0.3, 0.4) is 0 Å². The number of nitrogens with zero attached hydrogens (tertiary/aromatic N) is 2. The van der Waals surface area contributed by atoms with E-state index in [2.05, 4.69) is 19.1 Å². The summed E-state index contributed by atoms with van der Waals surface area (Å²) in [5, 5.41) is 16.9. The molecule has 0 amide bonds. The highest BCUT2D eigenvalue weighted by molar-refractivity contribution is 5.88. The van der Waals surface area contributed by atoms with Gasteiger partial charge in [0.25, 0.3) is 0 Å². The number of rotatable bonds is 3. The molecule has 0 saturated carbocycles. The summed E-state index contributed by atoms with van der Waals surface area (Å²) in [6.07, 6.45) is 1.80. The monoisotopic (exact) mass is 266 g/mol. The SMILES string of the molecule is CCC1=NN(c2ccccc2)C(c2ccccc2O)C1. The average Bonchev–Trinajstić information content (AvgIpc) is 2.93. The second-order valence-electron chi connectivity index (χ2n) is 4.98. The number of para-hydroxylation sites is 2. The molecule has 2 aromatic carbocycles. The molecule has 3 rings (SSSR count). The van der Waals surface area contributed by atoms with Crippen molar-refractivity contribution in [2.45, 2.75) is 25.8 Å². The molecule has 102 valence electrons. The summed E-state index contributed by atoms with van der Waals surface area (Å²) < 4.78 is 0. The lowest BCUT2D eigenvalue weighted by molar-refractivity contribution is 0.461. The smallest absolute Gasteiger partial charge is 0.120 e. The van der Waals surface area contributed by atoms with Gasteiger partial charge < -0.3 is 5.11 Å². The highest BCUT2D eigenvalue weighted by Gasteiger charge is 2.29. The van der Waals surface area contributed by atoms with Crippen LogP contribution in [0.25, 0.3) is 0 Å². The van der Waals surface area contributed by atoms with Gasteiger partial charge in [0.2, 0.25) is 0 Å². The van der Waals surface area contributed by atoms with Crippen molar-refractivity contribution in [3.05, 3.63) is 60.2 Å². The van der Waals surface area contributed by atoms with Crippen molar-refractivity contribution in [3.8, 4) is 5.75 Å². The van der Waals surface area contributed by atoms with E-state index in [1.54, 1.807) is 6.07 Å². The Morgan fingerprint density at radius 1 is 1.10 bits per heavy atom. The summed E-state index contributed by atoms with van der Waals surface area (Å²) in [7, 11) is 0. The number of anilines is 1. The number of hydrazone groups is 1. The second-order valence-corrected chi connectivity index (χ2v) is 4.98. The van der Waals surface area contributed by atoms with Crippen LogP contribution in [-0.2, 0) is 0 Å². The van der Waals surface area contributed by atoms with Crippen LogP contribution in [-0.4, -0.2) is 10.8 Å². The Bertz CT molecular complexity index is 622. The van der Waals surface area contributed by atoms with E-state index in [-0.39, 0.29) is 6.04 Å². The maximum atomic E-state index is 10.1. The minimum atomic E-state index is 0.0774. The van der Waals surface area contributed by atoms with Crippen molar-refractivity contribution in [1.29, 1.82) is 0 Å². The van der Waals surface area contributed by atoms with Crippen LogP contribution in [0, 0.1) is 0 Å². The Hall–Kier alpha value is -2.29. The third-order valence-electron chi connectivity index (χ3n) is 3.70. The van der Waals surface area contributed by atoms with Gasteiger partial charge in [-0.2, -0.15) is 5.10 Å². The number of phenolic OH excluding ortho intramolecular Hbond substituents is 1. The van der Waals surface area contributed by atoms with Gasteiger partial charge in [-0.25, -0.2) is 0 Å². The van der Waals surface area contributed by atoms with Crippen LogP contribution in [0.15, 0.2) is 59.7 Å². The van der Waals surface area contributed by atoms with E-state index in [0.29, 0.717) is 5.75 Å². The predicted octanol–water partition coefficient (Wildman–Crippen LogP) is 4.11. The third-order valence-corrected chi connectivity index (χ3v) is 3.70. The van der Waals surface area contributed by atoms with Crippen LogP contribution >= 0.6 is 0 Å². The summed E-state index contributed by atoms with van der Waals surface area (Å²) in [5.41, 5.74) is 3.16. The lowest BCUT2D eigenvalue weighted by atomic mass is 9.99. The van der Waals surface area contributed by atoms with Gasteiger partial charge in [0.15, 0.2) is 0 Å². The van der Waals surface area contributed by atoms with Crippen molar-refractivity contribution in [2.24, 2.45) is 5.10 Å². The largest absolute Gasteiger partial charge is 0.508 e. The standard InChI is InChI=1S/C17H18N2O/c1-2-13-12-16(15-10-6-7-11-17(15)20)19(18-13)14-8-4-3-5-9-14/h3-11,16,20H,2,12H2,1H3. The highest BCUT2D eigenvalue weighted by atomic mass is 16.3. The van der Waals surface area contributed by atoms with Crippen molar-refractivity contribution in [1.82, 2.24) is 0 Å². The molecule has 2 aromatic rings. The molecular formula is C17H18N2O. The Labute approximate surface area is 119 Å². The third kappa shape index (κ3) is 2.27. The highest BCUT2D eigenvalue weighted by Crippen LogP contribution is 2.38. The molecule has 0 aromatic heterocycles. The van der Waals surface area contributed by atoms with Crippen LogP contribution in [0.5, 0.6) is 5.75 Å². The molecule has 0 radical (unpaired) electrons. The maximum absolute atomic E-state index is 10.1. The molecular weight excluding hydrogens is 248 g/mol. The van der Waals surface area contributed by atoms with E-state index in [1.165, 1.54) is 5.71 Å². The fraction of sp³-hybridized carbons (Fsp3) is 0.235. The molecule has 0 fully saturated rings. The molecule has 1 unspecified atom stereocenters. The Balaban J connectivity index is 2.01. The quantitative estimate of drug-likeness (QED) is 0.907. The van der Waals surface area contributed by atoms with Gasteiger partial charge in [-0.3, -0.25) is 5.01 Å². The zero-order valence-corrected chi connectivity index (χ0v) is 11.5. The topological polar surface area (TPSA) is 35.8 Å². The van der Waals surface area contributed by atoms with Crippen molar-refractivity contribution in [3.63, 3.8) is 0 Å². The van der Waals surface area contributed by atoms with Gasteiger partial charge in [0.1, 0.15) is 5.75 Å². The minimum Gasteiger partial charge on any atom is -0.508 e. The molecule has 3 heteroatoms. The number of benzene rings is 2. The van der Waals surface area contributed by atoms with E-state index < -0.39 is 0 Å². The van der Waals surface area contributed by atoms with Gasteiger partial charge in [-0.1, -0.05) is 43.3 Å². The first kappa shape index (κ1) is 12.7. The fourth-order valence-corrected chi connectivity index (χ4v) is 2.62. The molecule has 1 heterocycles. The molecule has 1 atom stereocenters. The molecule has 1 N–H and O–H groups in total. The molecule has 3 nitrogen and oxygen atoms in total. The zero-order chi connectivity index (χ0) is 13.9. The first-order chi connectivity index (χ1) is 9.79. The molecule has 20 heavy (non-hydrogen) atoms. The summed E-state index contributed by atoms with van der Waals surface area (Å²) in [5.74, 6) is 0.339. The summed E-state index contributed by atoms with van der Waals surface area (Å²) in [6.45, 7) is 2.12. The molecule has 0 aliphatic carbocycles. The van der Waals surface area contributed by atoms with Crippen molar-refractivity contribution in [2.75, 3.05) is 5.01 Å². The van der Waals surface area contributed by atoms with E-state index in [4.69, 9.17) is 5.10 Å². The molecule has 1 aliphatic heterocycles. The number of hydrogen-bond donors (Lipinski definition) is 1. The fourth-order valence-electron chi connectivity index (χ4n) is 2.62. The molecule has 1 aliphatic rings. The summed E-state index contributed by atoms with van der Waals surface area (Å²) in [4.78, 5) is 0. The lowest BCUT2D eigenvalue weighted by Crippen LogP contribution is -2.18. The lowest BCUT2D eigenvalue weighted by Gasteiger charge is -2.24. The first-order valence-electron chi connectivity index (χ1n) is 6.98. The normalized spacial score (nSPS) is 18.1. The van der Waals surface area contributed by atoms with Gasteiger partial charge >= 0.3 is 0 Å². The number of aromatic hydroxyl groups is 1. The van der Waals surface area contributed by atoms with Crippen molar-refractivity contribution < 1.29 is 5.11 Å². The molecule has 0 spiro atoms. The molecule has 0 saturated heterocycles. The number of phenols is 1. The first-order valence-corrected chi connectivity index (χ1v) is 6.98. The van der Waals surface area contributed by atoms with Gasteiger partial charge in [-0.15, -0.1) is 0 Å². The van der Waals surface area contributed by atoms with Gasteiger partial charge in [0, 0.05) is 17.7 Å². The Morgan fingerprint density at radius 2 is 1.80 bits per heavy atom. The minimum absolute atomic E-state index is 0.0774. The van der Waals surface area contributed by atoms with Crippen molar-refractivity contribution >= 4 is 11.4 Å². The van der Waals surface area contributed by atoms with Gasteiger partial charge in [-0.05, 0) is 24.6 Å². The van der Waals surface area contributed by atoms with E-state index in [1.807, 2.05) is 41.4 Å². The Kier molecular flexibility index (Phi) is 3.42. The van der Waals surface area contributed by atoms with E-state index in [0.717, 1.165) is 24.1 Å². The Morgan fingerprint density at radius 3 is 2.50 bits per heavy atom. The maximum Gasteiger partial charge on any atom is 0.120 e. The number of hydrogen-bond acceptors (Lipinski definition) is 3. The van der Waals surface area contributed by atoms with Crippen LogP contribution in [0.2, 0.25) is 0 Å².